The average Bonchev–Trinajstić information content (AvgIpc) is 3.22. The standard InChI is InChI=1S/C20H17N3O5S/c1-2-29(25,26)19-9-7-16(22-23-19)13-4-3-5-15(10-13)21-20(24)14-6-8-17-18(11-14)28-12-27-17/h3-11H,2,12H2,1H3,(H,21,24). The lowest BCUT2D eigenvalue weighted by atomic mass is 10.1. The first-order valence-corrected chi connectivity index (χ1v) is 10.5. The van der Waals surface area contributed by atoms with Gasteiger partial charge >= 0.3 is 0 Å². The van der Waals surface area contributed by atoms with E-state index in [9.17, 15) is 13.2 Å². The van der Waals surface area contributed by atoms with Crippen molar-refractivity contribution in [2.45, 2.75) is 11.9 Å². The molecule has 0 atom stereocenters. The van der Waals surface area contributed by atoms with Crippen LogP contribution in [0, 0.1) is 0 Å². The highest BCUT2D eigenvalue weighted by molar-refractivity contribution is 7.91. The van der Waals surface area contributed by atoms with Gasteiger partial charge in [-0.25, -0.2) is 8.42 Å². The number of anilines is 1. The van der Waals surface area contributed by atoms with Crippen LogP contribution in [0.4, 0.5) is 5.69 Å². The van der Waals surface area contributed by atoms with Crippen LogP contribution in [-0.4, -0.2) is 37.1 Å². The number of nitrogens with one attached hydrogen (secondary N) is 1. The summed E-state index contributed by atoms with van der Waals surface area (Å²) in [5.74, 6) is 0.804. The summed E-state index contributed by atoms with van der Waals surface area (Å²) in [7, 11) is -3.41. The summed E-state index contributed by atoms with van der Waals surface area (Å²) in [5.41, 5.74) is 2.20. The van der Waals surface area contributed by atoms with Gasteiger partial charge in [0.1, 0.15) is 0 Å². The molecule has 1 aromatic heterocycles. The molecular formula is C20H17N3O5S. The minimum absolute atomic E-state index is 0.0393. The summed E-state index contributed by atoms with van der Waals surface area (Å²) in [6.07, 6.45) is 0. The maximum absolute atomic E-state index is 12.5. The van der Waals surface area contributed by atoms with Gasteiger partial charge in [0.25, 0.3) is 5.91 Å². The molecule has 0 fully saturated rings. The normalized spacial score (nSPS) is 12.6. The summed E-state index contributed by atoms with van der Waals surface area (Å²) in [6.45, 7) is 1.69. The molecule has 0 radical (unpaired) electrons. The Balaban J connectivity index is 1.54. The molecule has 3 aromatic rings. The predicted octanol–water partition coefficient (Wildman–Crippen LogP) is 2.92. The fourth-order valence-electron chi connectivity index (χ4n) is 2.79. The smallest absolute Gasteiger partial charge is 0.255 e. The van der Waals surface area contributed by atoms with Gasteiger partial charge in [0.2, 0.25) is 6.79 Å². The number of carbonyl (C=O) groups excluding carboxylic acids is 1. The minimum atomic E-state index is -3.41. The summed E-state index contributed by atoms with van der Waals surface area (Å²) in [6, 6.07) is 15.0. The Morgan fingerprint density at radius 3 is 2.62 bits per heavy atom. The molecule has 0 spiro atoms. The fraction of sp³-hybridized carbons (Fsp3) is 0.150. The average molecular weight is 411 g/mol. The maximum Gasteiger partial charge on any atom is 0.255 e. The minimum Gasteiger partial charge on any atom is -0.454 e. The second-order valence-electron chi connectivity index (χ2n) is 6.26. The first kappa shape index (κ1) is 18.9. The summed E-state index contributed by atoms with van der Waals surface area (Å²) in [5, 5.41) is 10.6. The molecule has 0 saturated carbocycles. The Kier molecular flexibility index (Phi) is 4.89. The molecule has 0 unspecified atom stereocenters. The lowest BCUT2D eigenvalue weighted by molar-refractivity contribution is 0.102. The largest absolute Gasteiger partial charge is 0.454 e. The van der Waals surface area contributed by atoms with Crippen LogP contribution in [0.25, 0.3) is 11.3 Å². The zero-order valence-corrected chi connectivity index (χ0v) is 16.3. The number of hydrogen-bond acceptors (Lipinski definition) is 7. The molecule has 0 saturated heterocycles. The van der Waals surface area contributed by atoms with Crippen LogP contribution in [0.1, 0.15) is 17.3 Å². The van der Waals surface area contributed by atoms with Gasteiger partial charge in [-0.05, 0) is 42.5 Å². The van der Waals surface area contributed by atoms with E-state index in [2.05, 4.69) is 15.5 Å². The second-order valence-corrected chi connectivity index (χ2v) is 8.49. The first-order valence-electron chi connectivity index (χ1n) is 8.84. The van der Waals surface area contributed by atoms with E-state index in [4.69, 9.17) is 9.47 Å². The zero-order chi connectivity index (χ0) is 20.4. The molecule has 148 valence electrons. The summed E-state index contributed by atoms with van der Waals surface area (Å²) >= 11 is 0. The summed E-state index contributed by atoms with van der Waals surface area (Å²) in [4.78, 5) is 12.5. The van der Waals surface area contributed by atoms with Gasteiger partial charge in [0.05, 0.1) is 11.4 Å². The van der Waals surface area contributed by atoms with Crippen molar-refractivity contribution in [3.63, 3.8) is 0 Å². The van der Waals surface area contributed by atoms with Crippen molar-refractivity contribution in [2.24, 2.45) is 0 Å². The monoisotopic (exact) mass is 411 g/mol. The molecule has 2 heterocycles. The molecule has 9 heteroatoms. The highest BCUT2D eigenvalue weighted by Gasteiger charge is 2.17. The van der Waals surface area contributed by atoms with E-state index in [1.54, 1.807) is 55.5 Å². The van der Waals surface area contributed by atoms with Crippen LogP contribution in [-0.2, 0) is 9.84 Å². The van der Waals surface area contributed by atoms with Crippen LogP contribution in [0.5, 0.6) is 11.5 Å². The Bertz CT molecular complexity index is 1180. The molecule has 1 amide bonds. The third-order valence-electron chi connectivity index (χ3n) is 4.39. The third-order valence-corrected chi connectivity index (χ3v) is 6.00. The third kappa shape index (κ3) is 3.90. The van der Waals surface area contributed by atoms with Crippen LogP contribution in [0.3, 0.4) is 0 Å². The van der Waals surface area contributed by atoms with Crippen LogP contribution in [0.2, 0.25) is 0 Å². The van der Waals surface area contributed by atoms with Crippen LogP contribution < -0.4 is 14.8 Å². The molecule has 0 bridgehead atoms. The molecule has 4 rings (SSSR count). The molecule has 1 aliphatic heterocycles. The van der Waals surface area contributed by atoms with Gasteiger partial charge in [-0.3, -0.25) is 4.79 Å². The van der Waals surface area contributed by atoms with Crippen molar-refractivity contribution in [3.8, 4) is 22.8 Å². The fourth-order valence-corrected chi connectivity index (χ4v) is 3.52. The van der Waals surface area contributed by atoms with E-state index in [1.807, 2.05) is 0 Å². The van der Waals surface area contributed by atoms with Crippen molar-refractivity contribution < 1.29 is 22.7 Å². The highest BCUT2D eigenvalue weighted by atomic mass is 32.2. The highest BCUT2D eigenvalue weighted by Crippen LogP contribution is 2.32. The Labute approximate surface area is 167 Å². The van der Waals surface area contributed by atoms with E-state index in [0.29, 0.717) is 34.0 Å². The van der Waals surface area contributed by atoms with Gasteiger partial charge in [0.15, 0.2) is 26.4 Å². The number of ether oxygens (including phenoxy) is 2. The van der Waals surface area contributed by atoms with Gasteiger partial charge in [0, 0.05) is 16.8 Å². The first-order chi connectivity index (χ1) is 14.0. The number of sulfone groups is 1. The number of aromatic nitrogens is 2. The molecule has 2 aromatic carbocycles. The molecular weight excluding hydrogens is 394 g/mol. The number of benzene rings is 2. The second kappa shape index (κ2) is 7.51. The molecule has 8 nitrogen and oxygen atoms in total. The number of rotatable bonds is 5. The number of hydrogen-bond donors (Lipinski definition) is 1. The van der Waals surface area contributed by atoms with Gasteiger partial charge < -0.3 is 14.8 Å². The Morgan fingerprint density at radius 2 is 1.86 bits per heavy atom. The SMILES string of the molecule is CCS(=O)(=O)c1ccc(-c2cccc(NC(=O)c3ccc4c(c3)OCO4)c2)nn1. The van der Waals surface area contributed by atoms with Gasteiger partial charge in [-0.1, -0.05) is 19.1 Å². The van der Waals surface area contributed by atoms with Crippen molar-refractivity contribution in [2.75, 3.05) is 17.9 Å². The van der Waals surface area contributed by atoms with Crippen LogP contribution >= 0.6 is 0 Å². The number of amides is 1. The van der Waals surface area contributed by atoms with Crippen molar-refractivity contribution in [3.05, 3.63) is 60.2 Å². The van der Waals surface area contributed by atoms with E-state index >= 15 is 0 Å². The molecule has 0 aliphatic carbocycles. The van der Waals surface area contributed by atoms with E-state index in [-0.39, 0.29) is 23.5 Å². The lowest BCUT2D eigenvalue weighted by Gasteiger charge is -2.08. The van der Waals surface area contributed by atoms with E-state index in [1.165, 1.54) is 6.07 Å². The van der Waals surface area contributed by atoms with Crippen molar-refractivity contribution in [1.82, 2.24) is 10.2 Å². The number of carbonyl (C=O) groups is 1. The quantitative estimate of drug-likeness (QED) is 0.688. The van der Waals surface area contributed by atoms with Gasteiger partial charge in [-0.15, -0.1) is 10.2 Å². The molecule has 29 heavy (non-hydrogen) atoms. The van der Waals surface area contributed by atoms with E-state index in [0.717, 1.165) is 0 Å². The topological polar surface area (TPSA) is 107 Å². The Hall–Kier alpha value is -3.46. The maximum atomic E-state index is 12.5. The molecule has 1 aliphatic rings. The zero-order valence-electron chi connectivity index (χ0n) is 15.5. The number of nitrogens with zero attached hydrogens (tertiary/aromatic N) is 2. The van der Waals surface area contributed by atoms with Crippen LogP contribution in [0.15, 0.2) is 59.6 Å². The Morgan fingerprint density at radius 1 is 1.03 bits per heavy atom. The lowest BCUT2D eigenvalue weighted by Crippen LogP contribution is -2.11. The van der Waals surface area contributed by atoms with Gasteiger partial charge in [-0.2, -0.15) is 0 Å². The number of fused-ring (bicyclic) bond motifs is 1. The summed E-state index contributed by atoms with van der Waals surface area (Å²) < 4.78 is 34.3. The predicted molar refractivity (Wildman–Crippen MR) is 106 cm³/mol. The van der Waals surface area contributed by atoms with Crippen molar-refractivity contribution >= 4 is 21.4 Å². The van der Waals surface area contributed by atoms with Crippen molar-refractivity contribution in [1.29, 1.82) is 0 Å². The molecule has 1 N–H and O–H groups in total. The van der Waals surface area contributed by atoms with E-state index < -0.39 is 9.84 Å².